The molecule has 0 fully saturated rings. The highest BCUT2D eigenvalue weighted by molar-refractivity contribution is 7.91. The van der Waals surface area contributed by atoms with Gasteiger partial charge in [0.05, 0.1) is 11.3 Å². The standard InChI is InChI=1S/C15H18N2O3S/c1-3-16-14(18)8-9-21(19,20)15-10-11(2)12-6-4-5-7-13(12)17-15/h4-7,10H,3,8-9H2,1-2H3,(H,16,18). The number of sulfone groups is 1. The molecule has 2 rings (SSSR count). The van der Waals surface area contributed by atoms with E-state index in [2.05, 4.69) is 10.3 Å². The fourth-order valence-corrected chi connectivity index (χ4v) is 3.35. The summed E-state index contributed by atoms with van der Waals surface area (Å²) in [4.78, 5) is 15.6. The molecule has 6 heteroatoms. The maximum Gasteiger partial charge on any atom is 0.221 e. The van der Waals surface area contributed by atoms with Gasteiger partial charge < -0.3 is 5.32 Å². The second-order valence-corrected chi connectivity index (χ2v) is 6.87. The summed E-state index contributed by atoms with van der Waals surface area (Å²) in [5.41, 5.74) is 1.51. The van der Waals surface area contributed by atoms with Crippen molar-refractivity contribution in [2.75, 3.05) is 12.3 Å². The summed E-state index contributed by atoms with van der Waals surface area (Å²) < 4.78 is 24.6. The molecule has 0 atom stereocenters. The molecule has 0 aliphatic rings. The summed E-state index contributed by atoms with van der Waals surface area (Å²) >= 11 is 0. The Bertz CT molecular complexity index is 770. The Labute approximate surface area is 124 Å². The molecular formula is C15H18N2O3S. The summed E-state index contributed by atoms with van der Waals surface area (Å²) in [5, 5.41) is 3.55. The number of para-hydroxylation sites is 1. The Morgan fingerprint density at radius 2 is 2.00 bits per heavy atom. The molecule has 21 heavy (non-hydrogen) atoms. The van der Waals surface area contributed by atoms with Crippen molar-refractivity contribution in [2.45, 2.75) is 25.3 Å². The Morgan fingerprint density at radius 1 is 1.29 bits per heavy atom. The first kappa shape index (κ1) is 15.4. The van der Waals surface area contributed by atoms with Crippen molar-refractivity contribution in [1.82, 2.24) is 10.3 Å². The van der Waals surface area contributed by atoms with E-state index in [4.69, 9.17) is 0 Å². The van der Waals surface area contributed by atoms with E-state index in [0.717, 1.165) is 10.9 Å². The Hall–Kier alpha value is -1.95. The Morgan fingerprint density at radius 3 is 2.71 bits per heavy atom. The topological polar surface area (TPSA) is 76.1 Å². The minimum atomic E-state index is -3.56. The highest BCUT2D eigenvalue weighted by atomic mass is 32.2. The van der Waals surface area contributed by atoms with Gasteiger partial charge in [-0.05, 0) is 31.5 Å². The zero-order valence-corrected chi connectivity index (χ0v) is 12.9. The van der Waals surface area contributed by atoms with Crippen molar-refractivity contribution in [2.24, 2.45) is 0 Å². The largest absolute Gasteiger partial charge is 0.356 e. The summed E-state index contributed by atoms with van der Waals surface area (Å²) in [6.45, 7) is 4.14. The predicted octanol–water partition coefficient (Wildman–Crippen LogP) is 1.84. The van der Waals surface area contributed by atoms with Crippen molar-refractivity contribution in [3.05, 3.63) is 35.9 Å². The highest BCUT2D eigenvalue weighted by Gasteiger charge is 2.19. The van der Waals surface area contributed by atoms with Crippen LogP contribution >= 0.6 is 0 Å². The lowest BCUT2D eigenvalue weighted by Crippen LogP contribution is -2.25. The third kappa shape index (κ3) is 3.58. The van der Waals surface area contributed by atoms with Crippen LogP contribution < -0.4 is 5.32 Å². The summed E-state index contributed by atoms with van der Waals surface area (Å²) in [6.07, 6.45) is -0.0519. The van der Waals surface area contributed by atoms with Crippen molar-refractivity contribution in [1.29, 1.82) is 0 Å². The minimum Gasteiger partial charge on any atom is -0.356 e. The molecule has 1 aromatic carbocycles. The van der Waals surface area contributed by atoms with Crippen LogP contribution in [0.25, 0.3) is 10.9 Å². The summed E-state index contributed by atoms with van der Waals surface area (Å²) in [5.74, 6) is -0.498. The van der Waals surface area contributed by atoms with Gasteiger partial charge in [-0.2, -0.15) is 0 Å². The number of aromatic nitrogens is 1. The molecule has 0 aliphatic heterocycles. The van der Waals surface area contributed by atoms with Gasteiger partial charge in [0.25, 0.3) is 0 Å². The molecule has 112 valence electrons. The van der Waals surface area contributed by atoms with Crippen molar-refractivity contribution in [3.8, 4) is 0 Å². The monoisotopic (exact) mass is 306 g/mol. The third-order valence-electron chi connectivity index (χ3n) is 3.19. The van der Waals surface area contributed by atoms with Gasteiger partial charge in [-0.25, -0.2) is 13.4 Å². The molecule has 0 radical (unpaired) electrons. The van der Waals surface area contributed by atoms with E-state index < -0.39 is 9.84 Å². The smallest absolute Gasteiger partial charge is 0.221 e. The molecule has 0 saturated carbocycles. The highest BCUT2D eigenvalue weighted by Crippen LogP contribution is 2.20. The van der Waals surface area contributed by atoms with Gasteiger partial charge in [-0.1, -0.05) is 18.2 Å². The second kappa shape index (κ2) is 6.22. The molecule has 5 nitrogen and oxygen atoms in total. The van der Waals surface area contributed by atoms with Crippen LogP contribution in [0.4, 0.5) is 0 Å². The number of nitrogens with zero attached hydrogens (tertiary/aromatic N) is 1. The van der Waals surface area contributed by atoms with Gasteiger partial charge in [-0.15, -0.1) is 0 Å². The van der Waals surface area contributed by atoms with Crippen LogP contribution in [0.3, 0.4) is 0 Å². The van der Waals surface area contributed by atoms with E-state index in [1.807, 2.05) is 25.1 Å². The normalized spacial score (nSPS) is 11.5. The lowest BCUT2D eigenvalue weighted by atomic mass is 10.1. The maximum atomic E-state index is 12.3. The lowest BCUT2D eigenvalue weighted by molar-refractivity contribution is -0.120. The predicted molar refractivity (Wildman–Crippen MR) is 81.8 cm³/mol. The van der Waals surface area contributed by atoms with Crippen LogP contribution in [-0.4, -0.2) is 31.6 Å². The average Bonchev–Trinajstić information content (AvgIpc) is 2.45. The van der Waals surface area contributed by atoms with E-state index in [1.54, 1.807) is 19.1 Å². The van der Waals surface area contributed by atoms with Crippen LogP contribution in [0, 0.1) is 6.92 Å². The zero-order chi connectivity index (χ0) is 15.5. The molecule has 1 N–H and O–H groups in total. The number of amides is 1. The van der Waals surface area contributed by atoms with E-state index >= 15 is 0 Å². The minimum absolute atomic E-state index is 0.0306. The first-order valence-electron chi connectivity index (χ1n) is 6.80. The number of pyridine rings is 1. The first-order valence-corrected chi connectivity index (χ1v) is 8.45. The molecule has 0 unspecified atom stereocenters. The fourth-order valence-electron chi connectivity index (χ4n) is 2.10. The second-order valence-electron chi connectivity index (χ2n) is 4.82. The van der Waals surface area contributed by atoms with Gasteiger partial charge >= 0.3 is 0 Å². The van der Waals surface area contributed by atoms with Gasteiger partial charge in [0.1, 0.15) is 0 Å². The molecule has 1 aromatic heterocycles. The summed E-state index contributed by atoms with van der Waals surface area (Å²) in [7, 11) is -3.56. The number of hydrogen-bond acceptors (Lipinski definition) is 4. The Balaban J connectivity index is 2.30. The van der Waals surface area contributed by atoms with Crippen molar-refractivity contribution >= 4 is 26.6 Å². The number of carbonyl (C=O) groups is 1. The lowest BCUT2D eigenvalue weighted by Gasteiger charge is -2.07. The number of benzene rings is 1. The fraction of sp³-hybridized carbons (Fsp3) is 0.333. The number of carbonyl (C=O) groups excluding carboxylic acids is 1. The van der Waals surface area contributed by atoms with Crippen LogP contribution in [0.1, 0.15) is 18.9 Å². The van der Waals surface area contributed by atoms with Crippen LogP contribution in [0.15, 0.2) is 35.4 Å². The number of hydrogen-bond donors (Lipinski definition) is 1. The van der Waals surface area contributed by atoms with Crippen molar-refractivity contribution < 1.29 is 13.2 Å². The average molecular weight is 306 g/mol. The zero-order valence-electron chi connectivity index (χ0n) is 12.1. The molecule has 1 amide bonds. The number of rotatable bonds is 5. The van der Waals surface area contributed by atoms with Crippen LogP contribution in [0.5, 0.6) is 0 Å². The van der Waals surface area contributed by atoms with Gasteiger partial charge in [0.2, 0.25) is 5.91 Å². The quantitative estimate of drug-likeness (QED) is 0.914. The maximum absolute atomic E-state index is 12.3. The van der Waals surface area contributed by atoms with E-state index in [9.17, 15) is 13.2 Å². The number of fused-ring (bicyclic) bond motifs is 1. The van der Waals surface area contributed by atoms with E-state index in [0.29, 0.717) is 12.1 Å². The van der Waals surface area contributed by atoms with Crippen LogP contribution in [0.2, 0.25) is 0 Å². The summed E-state index contributed by atoms with van der Waals surface area (Å²) in [6, 6.07) is 8.96. The molecule has 0 saturated heterocycles. The first-order chi connectivity index (χ1) is 9.94. The molecule has 0 aliphatic carbocycles. The van der Waals surface area contributed by atoms with Gasteiger partial charge in [-0.3, -0.25) is 4.79 Å². The SMILES string of the molecule is CCNC(=O)CCS(=O)(=O)c1cc(C)c2ccccc2n1. The van der Waals surface area contributed by atoms with Crippen LogP contribution in [-0.2, 0) is 14.6 Å². The Kier molecular flexibility index (Phi) is 4.57. The number of nitrogens with one attached hydrogen (secondary N) is 1. The van der Waals surface area contributed by atoms with Gasteiger partial charge in [0, 0.05) is 18.4 Å². The van der Waals surface area contributed by atoms with Gasteiger partial charge in [0.15, 0.2) is 14.9 Å². The van der Waals surface area contributed by atoms with E-state index in [1.165, 1.54) is 0 Å². The van der Waals surface area contributed by atoms with Crippen molar-refractivity contribution in [3.63, 3.8) is 0 Å². The number of aryl methyl sites for hydroxylation is 1. The molecular weight excluding hydrogens is 288 g/mol. The molecule has 2 aromatic rings. The molecule has 0 spiro atoms. The molecule has 0 bridgehead atoms. The third-order valence-corrected chi connectivity index (χ3v) is 4.78. The van der Waals surface area contributed by atoms with E-state index in [-0.39, 0.29) is 23.1 Å². The molecule has 1 heterocycles.